The number of aromatic nitrogens is 7. The Hall–Kier alpha value is -7.12. The van der Waals surface area contributed by atoms with Crippen molar-refractivity contribution in [3.8, 4) is 51.2 Å². The average molecular weight is 698 g/mol. The summed E-state index contributed by atoms with van der Waals surface area (Å²) < 4.78 is 6.76. The Morgan fingerprint density at radius 1 is 0.352 bits per heavy atom. The quantitative estimate of drug-likeness (QED) is 0.173. The van der Waals surface area contributed by atoms with E-state index in [2.05, 4.69) is 168 Å². The van der Waals surface area contributed by atoms with Crippen LogP contribution in [-0.2, 0) is 0 Å². The number of hydrogen-bond acceptors (Lipinski definition) is 4. The fourth-order valence-corrected chi connectivity index (χ4v) is 8.19. The molecule has 0 aliphatic carbocycles. The van der Waals surface area contributed by atoms with Gasteiger partial charge in [-0.25, -0.2) is 19.9 Å². The monoisotopic (exact) mass is 697 g/mol. The molecule has 0 atom stereocenters. The zero-order valence-corrected chi connectivity index (χ0v) is 30.1. The van der Waals surface area contributed by atoms with Gasteiger partial charge in [0.1, 0.15) is 23.0 Å². The minimum absolute atomic E-state index is 0.800. The van der Waals surface area contributed by atoms with Crippen molar-refractivity contribution in [3.05, 3.63) is 175 Å². The highest BCUT2D eigenvalue weighted by Crippen LogP contribution is 2.46. The average Bonchev–Trinajstić information content (AvgIpc) is 3.90. The van der Waals surface area contributed by atoms with E-state index < -0.39 is 0 Å². The highest BCUT2D eigenvalue weighted by Gasteiger charge is 2.30. The maximum absolute atomic E-state index is 5.42. The number of benzene rings is 6. The van der Waals surface area contributed by atoms with Crippen LogP contribution in [0.15, 0.2) is 158 Å². The van der Waals surface area contributed by atoms with Crippen LogP contribution in [0.5, 0.6) is 0 Å². The molecule has 0 amide bonds. The first-order valence-corrected chi connectivity index (χ1v) is 18.2. The van der Waals surface area contributed by atoms with Gasteiger partial charge in [-0.05, 0) is 110 Å². The Morgan fingerprint density at radius 2 is 0.704 bits per heavy atom. The predicted molar refractivity (Wildman–Crippen MR) is 219 cm³/mol. The van der Waals surface area contributed by atoms with Crippen LogP contribution in [0, 0.1) is 20.8 Å². The summed E-state index contributed by atoms with van der Waals surface area (Å²) in [5.41, 5.74) is 15.0. The highest BCUT2D eigenvalue weighted by atomic mass is 15.1. The molecule has 10 rings (SSSR count). The Bertz CT molecular complexity index is 2660. The number of pyridine rings is 1. The molecule has 0 saturated heterocycles. The standard InChI is InChI=1S/C47H35N7/c1-30-41(45-49-36-24-13-15-27-39(36)52(45)33-18-7-4-8-19-33)31(2)43(47-51-38-26-17-29-48-44(38)54(47)35-22-11-6-12-23-35)32(3)42(30)46-50-37-25-14-16-28-40(37)53(46)34-20-9-5-10-21-34/h4-29H,1-3H3. The number of para-hydroxylation sites is 7. The van der Waals surface area contributed by atoms with Gasteiger partial charge in [-0.3, -0.25) is 13.7 Å². The summed E-state index contributed by atoms with van der Waals surface area (Å²) in [7, 11) is 0. The first-order valence-electron chi connectivity index (χ1n) is 18.2. The molecule has 0 aliphatic heterocycles. The van der Waals surface area contributed by atoms with Crippen LogP contribution in [0.1, 0.15) is 16.7 Å². The molecule has 0 fully saturated rings. The number of rotatable bonds is 6. The van der Waals surface area contributed by atoms with Crippen LogP contribution in [-0.4, -0.2) is 33.6 Å². The molecule has 0 bridgehead atoms. The zero-order chi connectivity index (χ0) is 36.3. The summed E-state index contributed by atoms with van der Waals surface area (Å²) >= 11 is 0. The highest BCUT2D eigenvalue weighted by molar-refractivity contribution is 5.95. The summed E-state index contributed by atoms with van der Waals surface area (Å²) in [6.07, 6.45) is 1.84. The predicted octanol–water partition coefficient (Wildman–Crippen LogP) is 11.0. The first kappa shape index (κ1) is 31.6. The minimum atomic E-state index is 0.800. The van der Waals surface area contributed by atoms with Crippen molar-refractivity contribution >= 4 is 33.2 Å². The lowest BCUT2D eigenvalue weighted by molar-refractivity contribution is 1.05. The lowest BCUT2D eigenvalue weighted by atomic mass is 9.86. The van der Waals surface area contributed by atoms with E-state index in [4.69, 9.17) is 19.9 Å². The topological polar surface area (TPSA) is 66.3 Å². The minimum Gasteiger partial charge on any atom is -0.292 e. The van der Waals surface area contributed by atoms with Crippen LogP contribution in [0.4, 0.5) is 0 Å². The Labute approximate surface area is 312 Å². The Kier molecular flexibility index (Phi) is 7.33. The first-order chi connectivity index (χ1) is 26.6. The lowest BCUT2D eigenvalue weighted by Gasteiger charge is -2.23. The van der Waals surface area contributed by atoms with E-state index in [9.17, 15) is 0 Å². The lowest BCUT2D eigenvalue weighted by Crippen LogP contribution is -2.09. The van der Waals surface area contributed by atoms with Gasteiger partial charge in [-0.2, -0.15) is 0 Å². The van der Waals surface area contributed by atoms with E-state index in [-0.39, 0.29) is 0 Å². The van der Waals surface area contributed by atoms with Gasteiger partial charge in [0.15, 0.2) is 5.65 Å². The number of hydrogen-bond donors (Lipinski definition) is 0. The van der Waals surface area contributed by atoms with E-state index >= 15 is 0 Å². The van der Waals surface area contributed by atoms with Crippen molar-refractivity contribution in [2.75, 3.05) is 0 Å². The molecule has 4 heterocycles. The van der Waals surface area contributed by atoms with Crippen LogP contribution in [0.25, 0.3) is 84.5 Å². The Morgan fingerprint density at radius 3 is 1.17 bits per heavy atom. The number of nitrogens with zero attached hydrogens (tertiary/aromatic N) is 7. The molecule has 0 radical (unpaired) electrons. The van der Waals surface area contributed by atoms with E-state index in [0.717, 1.165) is 101 Å². The molecule has 7 nitrogen and oxygen atoms in total. The second-order valence-corrected chi connectivity index (χ2v) is 13.6. The third-order valence-corrected chi connectivity index (χ3v) is 10.5. The summed E-state index contributed by atoms with van der Waals surface area (Å²) in [4.78, 5) is 21.1. The molecule has 54 heavy (non-hydrogen) atoms. The maximum Gasteiger partial charge on any atom is 0.164 e. The van der Waals surface area contributed by atoms with Gasteiger partial charge in [0.05, 0.1) is 22.1 Å². The molecule has 258 valence electrons. The fraction of sp³-hybridized carbons (Fsp3) is 0.0638. The van der Waals surface area contributed by atoms with Gasteiger partial charge in [0, 0.05) is 39.9 Å². The van der Waals surface area contributed by atoms with E-state index in [0.29, 0.717) is 0 Å². The van der Waals surface area contributed by atoms with Crippen LogP contribution >= 0.6 is 0 Å². The summed E-state index contributed by atoms with van der Waals surface area (Å²) in [5, 5.41) is 0. The third kappa shape index (κ3) is 4.82. The van der Waals surface area contributed by atoms with Gasteiger partial charge in [-0.1, -0.05) is 78.9 Å². The number of fused-ring (bicyclic) bond motifs is 3. The van der Waals surface area contributed by atoms with Crippen LogP contribution < -0.4 is 0 Å². The second kappa shape index (κ2) is 12.5. The normalized spacial score (nSPS) is 11.6. The molecular formula is C47H35N7. The third-order valence-electron chi connectivity index (χ3n) is 10.5. The number of imidazole rings is 3. The summed E-state index contributed by atoms with van der Waals surface area (Å²) in [5.74, 6) is 2.54. The smallest absolute Gasteiger partial charge is 0.164 e. The van der Waals surface area contributed by atoms with Gasteiger partial charge in [0.2, 0.25) is 0 Å². The Balaban J connectivity index is 1.39. The molecule has 0 aliphatic rings. The van der Waals surface area contributed by atoms with E-state index in [1.165, 1.54) is 0 Å². The van der Waals surface area contributed by atoms with Crippen molar-refractivity contribution in [1.29, 1.82) is 0 Å². The van der Waals surface area contributed by atoms with Crippen molar-refractivity contribution in [2.24, 2.45) is 0 Å². The van der Waals surface area contributed by atoms with Crippen molar-refractivity contribution in [2.45, 2.75) is 20.8 Å². The van der Waals surface area contributed by atoms with E-state index in [1.54, 1.807) is 0 Å². The maximum atomic E-state index is 5.42. The van der Waals surface area contributed by atoms with Gasteiger partial charge < -0.3 is 0 Å². The van der Waals surface area contributed by atoms with Crippen molar-refractivity contribution in [3.63, 3.8) is 0 Å². The zero-order valence-electron chi connectivity index (χ0n) is 30.1. The van der Waals surface area contributed by atoms with Crippen molar-refractivity contribution in [1.82, 2.24) is 33.6 Å². The van der Waals surface area contributed by atoms with Gasteiger partial charge in [0.25, 0.3) is 0 Å². The molecule has 0 saturated carbocycles. The largest absolute Gasteiger partial charge is 0.292 e. The molecule has 0 spiro atoms. The van der Waals surface area contributed by atoms with Crippen molar-refractivity contribution < 1.29 is 0 Å². The molecule has 10 aromatic rings. The summed E-state index contributed by atoms with van der Waals surface area (Å²) in [6.45, 7) is 6.65. The second-order valence-electron chi connectivity index (χ2n) is 13.6. The molecule has 0 unspecified atom stereocenters. The van der Waals surface area contributed by atoms with Crippen LogP contribution in [0.2, 0.25) is 0 Å². The summed E-state index contributed by atoms with van der Waals surface area (Å²) in [6, 6.07) is 52.1. The van der Waals surface area contributed by atoms with E-state index in [1.807, 2.05) is 24.4 Å². The van der Waals surface area contributed by atoms with Crippen LogP contribution in [0.3, 0.4) is 0 Å². The molecule has 7 heteroatoms. The molecule has 6 aromatic carbocycles. The molecule has 4 aromatic heterocycles. The van der Waals surface area contributed by atoms with Gasteiger partial charge in [-0.15, -0.1) is 0 Å². The molecule has 0 N–H and O–H groups in total. The van der Waals surface area contributed by atoms with Gasteiger partial charge >= 0.3 is 0 Å². The molecular weight excluding hydrogens is 663 g/mol. The fourth-order valence-electron chi connectivity index (χ4n) is 8.19. The SMILES string of the molecule is Cc1c(-c2nc3ccccc3n2-c2ccccc2)c(C)c(-c2nc3cccnc3n2-c2ccccc2)c(C)c1-c1nc2ccccc2n1-c1ccccc1.